The molecular weight excluding hydrogens is 388 g/mol. The van der Waals surface area contributed by atoms with Gasteiger partial charge in [-0.25, -0.2) is 4.39 Å². The Morgan fingerprint density at radius 2 is 1.38 bits per heavy atom. The van der Waals surface area contributed by atoms with Gasteiger partial charge in [0.2, 0.25) is 0 Å². The first kappa shape index (κ1) is 20.4. The highest BCUT2D eigenvalue weighted by atomic mass is 19.4. The second-order valence-corrected chi connectivity index (χ2v) is 6.42. The van der Waals surface area contributed by atoms with E-state index in [-0.39, 0.29) is 19.0 Å². The summed E-state index contributed by atoms with van der Waals surface area (Å²) in [5.74, 6) is 3.85. The fourth-order valence-electron chi connectivity index (χ4n) is 2.83. The molecule has 1 aliphatic heterocycles. The van der Waals surface area contributed by atoms with Gasteiger partial charge in [-0.1, -0.05) is 5.92 Å². The van der Waals surface area contributed by atoms with Gasteiger partial charge < -0.3 is 9.80 Å². The van der Waals surface area contributed by atoms with E-state index in [4.69, 9.17) is 0 Å². The zero-order valence-corrected chi connectivity index (χ0v) is 15.2. The summed E-state index contributed by atoms with van der Waals surface area (Å²) < 4.78 is 50.6. The molecule has 1 fully saturated rings. The monoisotopic (exact) mass is 404 g/mol. The first-order chi connectivity index (χ1) is 13.7. The molecule has 0 aliphatic carbocycles. The molecule has 3 rings (SSSR count). The average molecular weight is 404 g/mol. The molecule has 2 amide bonds. The number of alkyl halides is 3. The highest BCUT2D eigenvalue weighted by Gasteiger charge is 2.30. The van der Waals surface area contributed by atoms with Crippen molar-refractivity contribution in [1.82, 2.24) is 9.80 Å². The van der Waals surface area contributed by atoms with E-state index < -0.39 is 23.5 Å². The molecule has 1 heterocycles. The Hall–Kier alpha value is -3.34. The summed E-state index contributed by atoms with van der Waals surface area (Å²) in [6, 6.07) is 9.48. The molecule has 0 spiro atoms. The van der Waals surface area contributed by atoms with Gasteiger partial charge in [-0.15, -0.1) is 0 Å². The van der Waals surface area contributed by atoms with Crippen LogP contribution in [0.1, 0.15) is 21.5 Å². The lowest BCUT2D eigenvalue weighted by Gasteiger charge is -2.33. The number of carbonyl (C=O) groups excluding carboxylic acids is 2. The molecule has 4 nitrogen and oxygen atoms in total. The fourth-order valence-corrected chi connectivity index (χ4v) is 2.83. The molecule has 0 saturated carbocycles. The van der Waals surface area contributed by atoms with Crippen molar-refractivity contribution >= 4 is 11.8 Å². The van der Waals surface area contributed by atoms with Crippen LogP contribution < -0.4 is 0 Å². The molecule has 150 valence electrons. The summed E-state index contributed by atoms with van der Waals surface area (Å²) in [5.41, 5.74) is -0.110. The van der Waals surface area contributed by atoms with Crippen molar-refractivity contribution in [1.29, 1.82) is 0 Å². The lowest BCUT2D eigenvalue weighted by Crippen LogP contribution is -2.50. The third kappa shape index (κ3) is 5.13. The number of carbonyl (C=O) groups is 2. The summed E-state index contributed by atoms with van der Waals surface area (Å²) in [4.78, 5) is 27.6. The lowest BCUT2D eigenvalue weighted by atomic mass is 10.1. The minimum Gasteiger partial charge on any atom is -0.335 e. The predicted octanol–water partition coefficient (Wildman–Crippen LogP) is 3.18. The smallest absolute Gasteiger partial charge is 0.335 e. The second kappa shape index (κ2) is 8.35. The maximum absolute atomic E-state index is 13.0. The van der Waals surface area contributed by atoms with E-state index in [1.54, 1.807) is 4.90 Å². The van der Waals surface area contributed by atoms with Crippen molar-refractivity contribution in [3.05, 3.63) is 71.0 Å². The number of halogens is 4. The van der Waals surface area contributed by atoms with Gasteiger partial charge in [0, 0.05) is 43.2 Å². The normalized spacial score (nSPS) is 14.2. The molecule has 29 heavy (non-hydrogen) atoms. The summed E-state index contributed by atoms with van der Waals surface area (Å²) >= 11 is 0. The Balaban J connectivity index is 1.56. The Kier molecular flexibility index (Phi) is 5.87. The van der Waals surface area contributed by atoms with Crippen molar-refractivity contribution in [3.8, 4) is 11.8 Å². The number of amides is 2. The number of rotatable bonds is 1. The number of hydrogen-bond acceptors (Lipinski definition) is 2. The van der Waals surface area contributed by atoms with E-state index in [0.29, 0.717) is 24.2 Å². The molecule has 1 aliphatic rings. The predicted molar refractivity (Wildman–Crippen MR) is 97.2 cm³/mol. The first-order valence-corrected chi connectivity index (χ1v) is 8.77. The van der Waals surface area contributed by atoms with Crippen LogP contribution in [0.25, 0.3) is 0 Å². The van der Waals surface area contributed by atoms with Crippen LogP contribution in [-0.4, -0.2) is 47.8 Å². The van der Waals surface area contributed by atoms with Crippen LogP contribution in [0, 0.1) is 17.7 Å². The van der Waals surface area contributed by atoms with E-state index in [1.165, 1.54) is 41.3 Å². The van der Waals surface area contributed by atoms with Crippen molar-refractivity contribution in [2.24, 2.45) is 0 Å². The molecular formula is C21H16F4N2O2. The van der Waals surface area contributed by atoms with Gasteiger partial charge in [-0.2, -0.15) is 13.2 Å². The van der Waals surface area contributed by atoms with Crippen molar-refractivity contribution in [3.63, 3.8) is 0 Å². The van der Waals surface area contributed by atoms with E-state index in [1.807, 2.05) is 0 Å². The number of benzene rings is 2. The molecule has 2 aromatic carbocycles. The molecule has 0 N–H and O–H groups in total. The van der Waals surface area contributed by atoms with Gasteiger partial charge in [-0.05, 0) is 48.5 Å². The molecule has 0 bridgehead atoms. The molecule has 2 aromatic rings. The highest BCUT2D eigenvalue weighted by Crippen LogP contribution is 2.28. The van der Waals surface area contributed by atoms with Crippen LogP contribution in [0.2, 0.25) is 0 Å². The van der Waals surface area contributed by atoms with E-state index >= 15 is 0 Å². The summed E-state index contributed by atoms with van der Waals surface area (Å²) in [5, 5.41) is 0. The standard InChI is InChI=1S/C21H16F4N2O2/c22-18-8-4-16(5-9-18)20(29)27-13-11-26(12-14-27)19(28)10-3-15-1-6-17(7-2-15)21(23,24)25/h1-2,4-9H,11-14H2. The third-order valence-electron chi connectivity index (χ3n) is 4.47. The van der Waals surface area contributed by atoms with Crippen LogP contribution in [0.5, 0.6) is 0 Å². The van der Waals surface area contributed by atoms with E-state index in [2.05, 4.69) is 11.8 Å². The number of nitrogens with zero attached hydrogens (tertiary/aromatic N) is 2. The van der Waals surface area contributed by atoms with Gasteiger partial charge >= 0.3 is 6.18 Å². The average Bonchev–Trinajstić information content (AvgIpc) is 2.72. The highest BCUT2D eigenvalue weighted by molar-refractivity contribution is 5.95. The molecule has 0 aromatic heterocycles. The maximum Gasteiger partial charge on any atom is 0.416 e. The minimum absolute atomic E-state index is 0.243. The molecule has 1 saturated heterocycles. The largest absolute Gasteiger partial charge is 0.416 e. The summed E-state index contributed by atoms with van der Waals surface area (Å²) in [6.07, 6.45) is -4.42. The van der Waals surface area contributed by atoms with Crippen molar-refractivity contribution in [2.45, 2.75) is 6.18 Å². The van der Waals surface area contributed by atoms with Gasteiger partial charge in [0.15, 0.2) is 0 Å². The van der Waals surface area contributed by atoms with Crippen LogP contribution in [-0.2, 0) is 11.0 Å². The maximum atomic E-state index is 13.0. The topological polar surface area (TPSA) is 40.6 Å². The number of piperazine rings is 1. The summed E-state index contributed by atoms with van der Waals surface area (Å²) in [6.45, 7) is 1.19. The molecule has 0 atom stereocenters. The van der Waals surface area contributed by atoms with Crippen molar-refractivity contribution in [2.75, 3.05) is 26.2 Å². The van der Waals surface area contributed by atoms with E-state index in [0.717, 1.165) is 12.1 Å². The second-order valence-electron chi connectivity index (χ2n) is 6.42. The van der Waals surface area contributed by atoms with Gasteiger partial charge in [0.05, 0.1) is 5.56 Å². The zero-order valence-electron chi connectivity index (χ0n) is 15.2. The van der Waals surface area contributed by atoms with Gasteiger partial charge in [-0.3, -0.25) is 9.59 Å². The van der Waals surface area contributed by atoms with Crippen LogP contribution in [0.3, 0.4) is 0 Å². The Bertz CT molecular complexity index is 949. The van der Waals surface area contributed by atoms with Crippen molar-refractivity contribution < 1.29 is 27.2 Å². The summed E-state index contributed by atoms with van der Waals surface area (Å²) in [7, 11) is 0. The first-order valence-electron chi connectivity index (χ1n) is 8.77. The van der Waals surface area contributed by atoms with Gasteiger partial charge in [0.25, 0.3) is 11.8 Å². The van der Waals surface area contributed by atoms with Crippen LogP contribution in [0.15, 0.2) is 48.5 Å². The van der Waals surface area contributed by atoms with Gasteiger partial charge in [0.1, 0.15) is 5.82 Å². The molecule has 8 heteroatoms. The zero-order chi connectivity index (χ0) is 21.0. The molecule has 0 radical (unpaired) electrons. The Morgan fingerprint density at radius 3 is 1.93 bits per heavy atom. The fraction of sp³-hybridized carbons (Fsp3) is 0.238. The van der Waals surface area contributed by atoms with Crippen LogP contribution >= 0.6 is 0 Å². The quantitative estimate of drug-likeness (QED) is 0.541. The Morgan fingerprint density at radius 1 is 0.828 bits per heavy atom. The number of hydrogen-bond donors (Lipinski definition) is 0. The minimum atomic E-state index is -4.42. The molecule has 0 unspecified atom stereocenters. The van der Waals surface area contributed by atoms with E-state index in [9.17, 15) is 27.2 Å². The lowest BCUT2D eigenvalue weighted by molar-refractivity contribution is -0.137. The SMILES string of the molecule is O=C(C#Cc1ccc(C(F)(F)F)cc1)N1CCN(C(=O)c2ccc(F)cc2)CC1. The Labute approximate surface area is 164 Å². The van der Waals surface area contributed by atoms with Crippen LogP contribution in [0.4, 0.5) is 17.6 Å². The third-order valence-corrected chi connectivity index (χ3v) is 4.47.